The third-order valence-corrected chi connectivity index (χ3v) is 4.50. The van der Waals surface area contributed by atoms with Gasteiger partial charge in [-0.3, -0.25) is 4.90 Å². The zero-order valence-electron chi connectivity index (χ0n) is 11.7. The van der Waals surface area contributed by atoms with Gasteiger partial charge in [-0.25, -0.2) is 0 Å². The summed E-state index contributed by atoms with van der Waals surface area (Å²) in [7, 11) is 1.82. The van der Waals surface area contributed by atoms with Crippen LogP contribution in [0.15, 0.2) is 0 Å². The van der Waals surface area contributed by atoms with E-state index in [0.29, 0.717) is 5.41 Å². The Hall–Kier alpha value is -0.120. The number of ether oxygens (including phenoxy) is 1. The van der Waals surface area contributed by atoms with Gasteiger partial charge in [0.2, 0.25) is 0 Å². The molecule has 1 aliphatic heterocycles. The maximum Gasteiger partial charge on any atom is 0.0468 e. The zero-order chi connectivity index (χ0) is 12.3. The van der Waals surface area contributed by atoms with E-state index in [2.05, 4.69) is 24.1 Å². The molecule has 1 aliphatic carbocycles. The third-order valence-electron chi connectivity index (χ3n) is 4.50. The molecule has 0 aromatic heterocycles. The largest absolute Gasteiger partial charge is 0.385 e. The molecule has 2 fully saturated rings. The van der Waals surface area contributed by atoms with Crippen molar-refractivity contribution in [1.29, 1.82) is 0 Å². The SMILES string of the molecule is COCCC1(CN2CCNCC2C(C)C)CC1. The molecule has 1 saturated carbocycles. The lowest BCUT2D eigenvalue weighted by Crippen LogP contribution is -2.55. The smallest absolute Gasteiger partial charge is 0.0468 e. The van der Waals surface area contributed by atoms with Gasteiger partial charge in [-0.1, -0.05) is 13.8 Å². The predicted molar refractivity (Wildman–Crippen MR) is 71.2 cm³/mol. The van der Waals surface area contributed by atoms with Crippen molar-refractivity contribution in [3.8, 4) is 0 Å². The molecule has 17 heavy (non-hydrogen) atoms. The fraction of sp³-hybridized carbons (Fsp3) is 1.00. The molecule has 0 bridgehead atoms. The van der Waals surface area contributed by atoms with Crippen molar-refractivity contribution in [2.45, 2.75) is 39.2 Å². The molecule has 0 aromatic carbocycles. The number of hydrogen-bond acceptors (Lipinski definition) is 3. The summed E-state index contributed by atoms with van der Waals surface area (Å²) in [6.07, 6.45) is 4.06. The van der Waals surface area contributed by atoms with Gasteiger partial charge < -0.3 is 10.1 Å². The first-order valence-electron chi connectivity index (χ1n) is 7.11. The highest BCUT2D eigenvalue weighted by Gasteiger charge is 2.44. The summed E-state index contributed by atoms with van der Waals surface area (Å²) in [6.45, 7) is 10.5. The quantitative estimate of drug-likeness (QED) is 0.765. The third kappa shape index (κ3) is 3.43. The Labute approximate surface area is 106 Å². The van der Waals surface area contributed by atoms with Gasteiger partial charge in [0.1, 0.15) is 0 Å². The first kappa shape index (κ1) is 13.3. The minimum Gasteiger partial charge on any atom is -0.385 e. The summed E-state index contributed by atoms with van der Waals surface area (Å²) in [5, 5.41) is 3.53. The van der Waals surface area contributed by atoms with E-state index < -0.39 is 0 Å². The first-order chi connectivity index (χ1) is 8.17. The molecular formula is C14H28N2O. The predicted octanol–water partition coefficient (Wildman–Crippen LogP) is 1.73. The Kier molecular flexibility index (Phi) is 4.45. The van der Waals surface area contributed by atoms with Crippen LogP contribution in [0.1, 0.15) is 33.1 Å². The van der Waals surface area contributed by atoms with Gasteiger partial charge in [0.15, 0.2) is 0 Å². The second kappa shape index (κ2) is 5.68. The summed E-state index contributed by atoms with van der Waals surface area (Å²) in [6, 6.07) is 0.726. The molecule has 1 unspecified atom stereocenters. The average Bonchev–Trinajstić information content (AvgIpc) is 3.07. The second-order valence-electron chi connectivity index (χ2n) is 6.23. The molecule has 1 saturated heterocycles. The highest BCUT2D eigenvalue weighted by Crippen LogP contribution is 2.49. The van der Waals surface area contributed by atoms with E-state index in [1.807, 2.05) is 7.11 Å². The molecule has 0 amide bonds. The monoisotopic (exact) mass is 240 g/mol. The number of nitrogens with zero attached hydrogens (tertiary/aromatic N) is 1. The Morgan fingerprint density at radius 2 is 2.18 bits per heavy atom. The van der Waals surface area contributed by atoms with Crippen LogP contribution in [0, 0.1) is 11.3 Å². The van der Waals surface area contributed by atoms with Gasteiger partial charge in [-0.2, -0.15) is 0 Å². The zero-order valence-corrected chi connectivity index (χ0v) is 11.7. The lowest BCUT2D eigenvalue weighted by Gasteiger charge is -2.40. The van der Waals surface area contributed by atoms with Crippen LogP contribution < -0.4 is 5.32 Å². The van der Waals surface area contributed by atoms with Gasteiger partial charge in [0.05, 0.1) is 0 Å². The van der Waals surface area contributed by atoms with Gasteiger partial charge in [-0.15, -0.1) is 0 Å². The van der Waals surface area contributed by atoms with E-state index in [1.54, 1.807) is 0 Å². The molecular weight excluding hydrogens is 212 g/mol. The minimum atomic E-state index is 0.598. The van der Waals surface area contributed by atoms with Crippen LogP contribution >= 0.6 is 0 Å². The number of rotatable bonds is 6. The van der Waals surface area contributed by atoms with Crippen molar-refractivity contribution >= 4 is 0 Å². The van der Waals surface area contributed by atoms with E-state index in [9.17, 15) is 0 Å². The van der Waals surface area contributed by atoms with Crippen molar-refractivity contribution in [3.05, 3.63) is 0 Å². The molecule has 0 spiro atoms. The molecule has 1 heterocycles. The van der Waals surface area contributed by atoms with Crippen molar-refractivity contribution in [3.63, 3.8) is 0 Å². The summed E-state index contributed by atoms with van der Waals surface area (Å²) in [5.41, 5.74) is 0.598. The van der Waals surface area contributed by atoms with Crippen LogP contribution in [-0.4, -0.2) is 50.8 Å². The van der Waals surface area contributed by atoms with Crippen molar-refractivity contribution < 1.29 is 4.74 Å². The Morgan fingerprint density at radius 1 is 1.41 bits per heavy atom. The first-order valence-corrected chi connectivity index (χ1v) is 7.11. The summed E-state index contributed by atoms with van der Waals surface area (Å²) < 4.78 is 5.25. The summed E-state index contributed by atoms with van der Waals surface area (Å²) in [5.74, 6) is 0.751. The van der Waals surface area contributed by atoms with Crippen LogP contribution in [-0.2, 0) is 4.74 Å². The molecule has 1 N–H and O–H groups in total. The fourth-order valence-corrected chi connectivity index (χ4v) is 3.03. The molecule has 0 aromatic rings. The number of piperazine rings is 1. The van der Waals surface area contributed by atoms with E-state index in [4.69, 9.17) is 4.74 Å². The average molecular weight is 240 g/mol. The van der Waals surface area contributed by atoms with Crippen molar-refractivity contribution in [2.75, 3.05) is 39.9 Å². The van der Waals surface area contributed by atoms with Crippen LogP contribution in [0.25, 0.3) is 0 Å². The molecule has 0 radical (unpaired) electrons. The van der Waals surface area contributed by atoms with Crippen molar-refractivity contribution in [1.82, 2.24) is 10.2 Å². The molecule has 2 rings (SSSR count). The van der Waals surface area contributed by atoms with Crippen LogP contribution in [0.2, 0.25) is 0 Å². The topological polar surface area (TPSA) is 24.5 Å². The molecule has 3 nitrogen and oxygen atoms in total. The van der Waals surface area contributed by atoms with E-state index in [1.165, 1.54) is 32.4 Å². The van der Waals surface area contributed by atoms with Gasteiger partial charge in [0, 0.05) is 45.9 Å². The Balaban J connectivity index is 1.87. The highest BCUT2D eigenvalue weighted by atomic mass is 16.5. The van der Waals surface area contributed by atoms with Gasteiger partial charge >= 0.3 is 0 Å². The van der Waals surface area contributed by atoms with E-state index in [0.717, 1.165) is 31.7 Å². The maximum atomic E-state index is 5.25. The Bertz CT molecular complexity index is 238. The lowest BCUT2D eigenvalue weighted by atomic mass is 9.96. The van der Waals surface area contributed by atoms with Gasteiger partial charge in [-0.05, 0) is 30.6 Å². The van der Waals surface area contributed by atoms with Gasteiger partial charge in [0.25, 0.3) is 0 Å². The molecule has 1 atom stereocenters. The number of methoxy groups -OCH3 is 1. The summed E-state index contributed by atoms with van der Waals surface area (Å²) in [4.78, 5) is 2.73. The maximum absolute atomic E-state index is 5.25. The molecule has 2 aliphatic rings. The molecule has 100 valence electrons. The normalized spacial score (nSPS) is 28.6. The fourth-order valence-electron chi connectivity index (χ4n) is 3.03. The number of hydrogen-bond donors (Lipinski definition) is 1. The second-order valence-corrected chi connectivity index (χ2v) is 6.23. The number of nitrogens with one attached hydrogen (secondary N) is 1. The van der Waals surface area contributed by atoms with E-state index >= 15 is 0 Å². The van der Waals surface area contributed by atoms with Crippen LogP contribution in [0.5, 0.6) is 0 Å². The van der Waals surface area contributed by atoms with E-state index in [-0.39, 0.29) is 0 Å². The Morgan fingerprint density at radius 3 is 2.76 bits per heavy atom. The van der Waals surface area contributed by atoms with Crippen molar-refractivity contribution in [2.24, 2.45) is 11.3 Å². The van der Waals surface area contributed by atoms with Crippen LogP contribution in [0.3, 0.4) is 0 Å². The standard InChI is InChI=1S/C14H28N2O/c1-12(2)13-10-15-7-8-16(13)11-14(4-5-14)6-9-17-3/h12-13,15H,4-11H2,1-3H3. The molecule has 3 heteroatoms. The highest BCUT2D eigenvalue weighted by molar-refractivity contribution is 4.97. The summed E-state index contributed by atoms with van der Waals surface area (Å²) >= 11 is 0. The van der Waals surface area contributed by atoms with Crippen LogP contribution in [0.4, 0.5) is 0 Å². The lowest BCUT2D eigenvalue weighted by molar-refractivity contribution is 0.0848. The minimum absolute atomic E-state index is 0.598.